The molecule has 0 aliphatic carbocycles. The number of hydrogen-bond donors (Lipinski definition) is 0. The fraction of sp³-hybridized carbons (Fsp3) is 0.545. The highest BCUT2D eigenvalue weighted by atomic mass is 16.5. The van der Waals surface area contributed by atoms with Gasteiger partial charge in [0.15, 0.2) is 0 Å². The Morgan fingerprint density at radius 3 is 2.31 bits per heavy atom. The Morgan fingerprint density at radius 1 is 0.966 bits per heavy atom. The predicted molar refractivity (Wildman–Crippen MR) is 113 cm³/mol. The second-order valence-corrected chi connectivity index (χ2v) is 8.14. The van der Waals surface area contributed by atoms with Crippen molar-refractivity contribution in [1.29, 1.82) is 0 Å². The van der Waals surface area contributed by atoms with Crippen LogP contribution in [0.25, 0.3) is 0 Å². The van der Waals surface area contributed by atoms with Gasteiger partial charge in [-0.25, -0.2) is 0 Å². The Hall–Kier alpha value is -2.38. The van der Waals surface area contributed by atoms with Gasteiger partial charge in [-0.1, -0.05) is 23.4 Å². The normalized spacial score (nSPS) is 19.0. The lowest BCUT2D eigenvalue weighted by Crippen LogP contribution is -2.53. The van der Waals surface area contributed by atoms with Gasteiger partial charge in [-0.3, -0.25) is 14.6 Å². The summed E-state index contributed by atoms with van der Waals surface area (Å²) in [6, 6.07) is 10.5. The van der Waals surface area contributed by atoms with Crippen LogP contribution < -0.4 is 4.90 Å². The molecule has 3 heterocycles. The van der Waals surface area contributed by atoms with Crippen LogP contribution in [-0.4, -0.2) is 84.7 Å². The zero-order chi connectivity index (χ0) is 20.2. The molecule has 0 radical (unpaired) electrons. The van der Waals surface area contributed by atoms with Crippen molar-refractivity contribution in [2.45, 2.75) is 20.4 Å². The molecule has 4 rings (SSSR count). The quantitative estimate of drug-likeness (QED) is 0.766. The maximum absolute atomic E-state index is 12.8. The third-order valence-electron chi connectivity index (χ3n) is 5.97. The van der Waals surface area contributed by atoms with Gasteiger partial charge in [0, 0.05) is 70.7 Å². The Labute approximate surface area is 172 Å². The van der Waals surface area contributed by atoms with Crippen molar-refractivity contribution in [1.82, 2.24) is 19.9 Å². The van der Waals surface area contributed by atoms with E-state index in [1.807, 2.05) is 17.9 Å². The number of piperazine rings is 2. The third kappa shape index (κ3) is 4.97. The zero-order valence-corrected chi connectivity index (χ0v) is 17.5. The maximum atomic E-state index is 12.8. The molecule has 2 fully saturated rings. The van der Waals surface area contributed by atoms with Crippen molar-refractivity contribution in [3.8, 4) is 0 Å². The molecule has 156 valence electrons. The molecule has 0 saturated carbocycles. The van der Waals surface area contributed by atoms with Crippen LogP contribution in [0.4, 0.5) is 5.69 Å². The van der Waals surface area contributed by atoms with Gasteiger partial charge < -0.3 is 14.3 Å². The Balaban J connectivity index is 1.20. The number of hydrogen-bond acceptors (Lipinski definition) is 6. The minimum atomic E-state index is 0.256. The summed E-state index contributed by atoms with van der Waals surface area (Å²) in [5.74, 6) is 1.10. The van der Waals surface area contributed by atoms with E-state index < -0.39 is 0 Å². The molecule has 0 bridgehead atoms. The van der Waals surface area contributed by atoms with E-state index in [4.69, 9.17) is 4.52 Å². The minimum absolute atomic E-state index is 0.256. The number of anilines is 1. The molecule has 0 atom stereocenters. The summed E-state index contributed by atoms with van der Waals surface area (Å²) in [6.07, 6.45) is 0. The smallest absolute Gasteiger partial charge is 0.236 e. The summed E-state index contributed by atoms with van der Waals surface area (Å²) in [5.41, 5.74) is 3.60. The van der Waals surface area contributed by atoms with Crippen molar-refractivity contribution >= 4 is 11.6 Å². The highest BCUT2D eigenvalue weighted by Crippen LogP contribution is 2.20. The molecule has 29 heavy (non-hydrogen) atoms. The van der Waals surface area contributed by atoms with Crippen molar-refractivity contribution in [2.75, 3.05) is 63.8 Å². The van der Waals surface area contributed by atoms with Gasteiger partial charge in [-0.05, 0) is 25.5 Å². The summed E-state index contributed by atoms with van der Waals surface area (Å²) in [4.78, 5) is 21.8. The first kappa shape index (κ1) is 19.9. The monoisotopic (exact) mass is 397 g/mol. The van der Waals surface area contributed by atoms with Crippen molar-refractivity contribution in [3.05, 3.63) is 47.3 Å². The van der Waals surface area contributed by atoms with Crippen molar-refractivity contribution in [2.24, 2.45) is 0 Å². The fourth-order valence-corrected chi connectivity index (χ4v) is 4.23. The summed E-state index contributed by atoms with van der Waals surface area (Å²) >= 11 is 0. The van der Waals surface area contributed by atoms with Crippen LogP contribution in [-0.2, 0) is 11.3 Å². The number of carbonyl (C=O) groups excluding carboxylic acids is 1. The van der Waals surface area contributed by atoms with E-state index in [-0.39, 0.29) is 5.91 Å². The van der Waals surface area contributed by atoms with Crippen LogP contribution in [0.15, 0.2) is 34.9 Å². The Kier molecular flexibility index (Phi) is 6.16. The van der Waals surface area contributed by atoms with Gasteiger partial charge in [0.05, 0.1) is 12.2 Å². The van der Waals surface area contributed by atoms with E-state index in [0.29, 0.717) is 6.54 Å². The number of nitrogens with zero attached hydrogens (tertiary/aromatic N) is 5. The van der Waals surface area contributed by atoms with Crippen LogP contribution >= 0.6 is 0 Å². The van der Waals surface area contributed by atoms with Crippen LogP contribution in [0.1, 0.15) is 17.0 Å². The molecule has 1 amide bonds. The third-order valence-corrected chi connectivity index (χ3v) is 5.97. The molecule has 2 saturated heterocycles. The van der Waals surface area contributed by atoms with Gasteiger partial charge in [-0.2, -0.15) is 0 Å². The molecular weight excluding hydrogens is 366 g/mol. The van der Waals surface area contributed by atoms with Crippen LogP contribution in [0.3, 0.4) is 0 Å². The number of aromatic nitrogens is 1. The largest absolute Gasteiger partial charge is 0.369 e. The standard InChI is InChI=1S/C22H31N5O2/c1-18-5-3-4-6-21(18)26-11-7-25(8-12-26)17-22(28)27-13-9-24(10-14-27)16-20-15-19(2)29-23-20/h3-6,15H,7-14,16-17H2,1-2H3. The predicted octanol–water partition coefficient (Wildman–Crippen LogP) is 1.76. The summed E-state index contributed by atoms with van der Waals surface area (Å²) in [6.45, 7) is 12.6. The SMILES string of the molecule is Cc1cc(CN2CCN(C(=O)CN3CCN(c4ccccc4C)CC3)CC2)no1. The maximum Gasteiger partial charge on any atom is 0.236 e. The first-order valence-electron chi connectivity index (χ1n) is 10.5. The number of aryl methyl sites for hydroxylation is 2. The van der Waals surface area contributed by atoms with Crippen molar-refractivity contribution < 1.29 is 9.32 Å². The highest BCUT2D eigenvalue weighted by Gasteiger charge is 2.25. The van der Waals surface area contributed by atoms with E-state index in [0.717, 1.165) is 70.4 Å². The van der Waals surface area contributed by atoms with E-state index in [9.17, 15) is 4.79 Å². The van der Waals surface area contributed by atoms with Crippen LogP contribution in [0.5, 0.6) is 0 Å². The van der Waals surface area contributed by atoms with Crippen LogP contribution in [0.2, 0.25) is 0 Å². The van der Waals surface area contributed by atoms with Crippen molar-refractivity contribution in [3.63, 3.8) is 0 Å². The Bertz CT molecular complexity index is 820. The molecule has 1 aromatic heterocycles. The molecule has 2 aromatic rings. The average Bonchev–Trinajstić information content (AvgIpc) is 3.14. The topological polar surface area (TPSA) is 56.1 Å². The number of benzene rings is 1. The van der Waals surface area contributed by atoms with E-state index in [2.05, 4.69) is 51.0 Å². The number of rotatable bonds is 5. The van der Waals surface area contributed by atoms with E-state index in [1.165, 1.54) is 11.3 Å². The van der Waals surface area contributed by atoms with Gasteiger partial charge in [0.25, 0.3) is 0 Å². The molecular formula is C22H31N5O2. The first-order chi connectivity index (χ1) is 14.1. The second-order valence-electron chi connectivity index (χ2n) is 8.14. The first-order valence-corrected chi connectivity index (χ1v) is 10.5. The zero-order valence-electron chi connectivity index (χ0n) is 17.5. The minimum Gasteiger partial charge on any atom is -0.369 e. The van der Waals surface area contributed by atoms with Gasteiger partial charge in [0.1, 0.15) is 5.76 Å². The summed E-state index contributed by atoms with van der Waals surface area (Å²) in [7, 11) is 0. The van der Waals surface area contributed by atoms with Gasteiger partial charge in [0.2, 0.25) is 5.91 Å². The fourth-order valence-electron chi connectivity index (χ4n) is 4.23. The number of para-hydroxylation sites is 1. The molecule has 0 unspecified atom stereocenters. The lowest BCUT2D eigenvalue weighted by atomic mass is 10.1. The number of amides is 1. The van der Waals surface area contributed by atoms with E-state index >= 15 is 0 Å². The van der Waals surface area contributed by atoms with Gasteiger partial charge in [-0.15, -0.1) is 0 Å². The molecule has 0 N–H and O–H groups in total. The highest BCUT2D eigenvalue weighted by molar-refractivity contribution is 5.78. The van der Waals surface area contributed by atoms with Gasteiger partial charge >= 0.3 is 0 Å². The second kappa shape index (κ2) is 8.97. The lowest BCUT2D eigenvalue weighted by molar-refractivity contribution is -0.134. The lowest BCUT2D eigenvalue weighted by Gasteiger charge is -2.38. The van der Waals surface area contributed by atoms with E-state index in [1.54, 1.807) is 0 Å². The summed E-state index contributed by atoms with van der Waals surface area (Å²) < 4.78 is 5.14. The molecule has 7 nitrogen and oxygen atoms in total. The van der Waals surface area contributed by atoms with Crippen LogP contribution in [0, 0.1) is 13.8 Å². The number of carbonyl (C=O) groups is 1. The molecule has 0 spiro atoms. The molecule has 2 aliphatic rings. The molecule has 1 aromatic carbocycles. The Morgan fingerprint density at radius 2 is 1.66 bits per heavy atom. The summed E-state index contributed by atoms with van der Waals surface area (Å²) in [5, 5.41) is 4.07. The average molecular weight is 398 g/mol. The molecule has 7 heteroatoms. The molecule has 2 aliphatic heterocycles.